The summed E-state index contributed by atoms with van der Waals surface area (Å²) >= 11 is 5.88. The number of aromatic nitrogens is 4. The van der Waals surface area contributed by atoms with Crippen LogP contribution in [0.1, 0.15) is 18.8 Å². The van der Waals surface area contributed by atoms with E-state index in [-0.39, 0.29) is 6.04 Å². The Labute approximate surface area is 115 Å². The van der Waals surface area contributed by atoms with Crippen molar-refractivity contribution in [2.45, 2.75) is 13.0 Å². The summed E-state index contributed by atoms with van der Waals surface area (Å²) in [5, 5.41) is 13.3. The quantitative estimate of drug-likeness (QED) is 0.779. The van der Waals surface area contributed by atoms with Gasteiger partial charge >= 0.3 is 0 Å². The van der Waals surface area contributed by atoms with Crippen molar-refractivity contribution in [3.63, 3.8) is 0 Å². The van der Waals surface area contributed by atoms with Crippen LogP contribution >= 0.6 is 11.6 Å². The third-order valence-corrected chi connectivity index (χ3v) is 3.09. The fraction of sp³-hybridized carbons (Fsp3) is 0.154. The Morgan fingerprint density at radius 2 is 1.84 bits per heavy atom. The molecule has 0 unspecified atom stereocenters. The van der Waals surface area contributed by atoms with Crippen LogP contribution in [0.15, 0.2) is 36.4 Å². The Balaban J connectivity index is 2.14. The molecule has 0 aliphatic rings. The number of halogens is 1. The smallest absolute Gasteiger partial charge is 0.178 e. The van der Waals surface area contributed by atoms with Crippen molar-refractivity contribution >= 4 is 17.2 Å². The van der Waals surface area contributed by atoms with Gasteiger partial charge in [0.15, 0.2) is 11.5 Å². The first-order chi connectivity index (χ1) is 9.15. The lowest BCUT2D eigenvalue weighted by Crippen LogP contribution is -2.11. The molecular formula is C13H12ClN5. The average Bonchev–Trinajstić information content (AvgIpc) is 2.82. The Bertz CT molecular complexity index is 717. The minimum Gasteiger partial charge on any atom is -0.321 e. The zero-order chi connectivity index (χ0) is 13.4. The van der Waals surface area contributed by atoms with E-state index in [4.69, 9.17) is 17.3 Å². The molecule has 2 N–H and O–H groups in total. The molecule has 0 aliphatic carbocycles. The van der Waals surface area contributed by atoms with E-state index >= 15 is 0 Å². The monoisotopic (exact) mass is 273 g/mol. The van der Waals surface area contributed by atoms with E-state index in [1.54, 1.807) is 4.52 Å². The highest BCUT2D eigenvalue weighted by molar-refractivity contribution is 6.30. The maximum Gasteiger partial charge on any atom is 0.178 e. The predicted octanol–water partition coefficient (Wildman–Crippen LogP) is 2.46. The summed E-state index contributed by atoms with van der Waals surface area (Å²) < 4.78 is 1.68. The lowest BCUT2D eigenvalue weighted by atomic mass is 10.1. The van der Waals surface area contributed by atoms with Gasteiger partial charge in [-0.15, -0.1) is 10.2 Å². The number of nitrogens with zero attached hydrogens (tertiary/aromatic N) is 4. The minimum atomic E-state index is -0.219. The Kier molecular flexibility index (Phi) is 2.93. The number of rotatable bonds is 2. The molecule has 0 saturated heterocycles. The lowest BCUT2D eigenvalue weighted by molar-refractivity contribution is 0.696. The van der Waals surface area contributed by atoms with Crippen LogP contribution in [0, 0.1) is 0 Å². The van der Waals surface area contributed by atoms with Gasteiger partial charge in [-0.3, -0.25) is 0 Å². The van der Waals surface area contributed by atoms with Crippen molar-refractivity contribution in [1.82, 2.24) is 19.8 Å². The second kappa shape index (κ2) is 4.60. The van der Waals surface area contributed by atoms with Crippen LogP contribution in [0.4, 0.5) is 0 Å². The van der Waals surface area contributed by atoms with Gasteiger partial charge in [0.25, 0.3) is 0 Å². The zero-order valence-corrected chi connectivity index (χ0v) is 11.0. The molecule has 1 atom stereocenters. The lowest BCUT2D eigenvalue weighted by Gasteiger charge is -2.05. The van der Waals surface area contributed by atoms with Crippen molar-refractivity contribution in [1.29, 1.82) is 0 Å². The first kappa shape index (κ1) is 12.1. The molecule has 0 bridgehead atoms. The van der Waals surface area contributed by atoms with Gasteiger partial charge in [-0.05, 0) is 31.2 Å². The van der Waals surface area contributed by atoms with Gasteiger partial charge in [0.05, 0.1) is 11.7 Å². The Hall–Kier alpha value is -1.98. The summed E-state index contributed by atoms with van der Waals surface area (Å²) in [7, 11) is 0. The molecule has 0 amide bonds. The highest BCUT2D eigenvalue weighted by atomic mass is 35.5. The van der Waals surface area contributed by atoms with E-state index in [2.05, 4.69) is 15.3 Å². The molecule has 6 heteroatoms. The summed E-state index contributed by atoms with van der Waals surface area (Å²) in [6.45, 7) is 1.85. The summed E-state index contributed by atoms with van der Waals surface area (Å²) in [6.07, 6.45) is 0. The van der Waals surface area contributed by atoms with Crippen LogP contribution in [-0.4, -0.2) is 19.8 Å². The van der Waals surface area contributed by atoms with Crippen LogP contribution in [0.5, 0.6) is 0 Å². The molecule has 2 heterocycles. The maximum atomic E-state index is 5.88. The SMILES string of the molecule is C[C@@H](N)c1nnc2ccc(-c3ccc(Cl)cc3)nn12. The molecule has 0 saturated carbocycles. The summed E-state index contributed by atoms with van der Waals surface area (Å²) in [5.41, 5.74) is 8.34. The number of fused-ring (bicyclic) bond motifs is 1. The second-order valence-corrected chi connectivity index (χ2v) is 4.78. The molecule has 2 aromatic heterocycles. The normalized spacial score (nSPS) is 12.8. The van der Waals surface area contributed by atoms with Crippen molar-refractivity contribution in [3.8, 4) is 11.3 Å². The van der Waals surface area contributed by atoms with E-state index in [0.717, 1.165) is 11.3 Å². The zero-order valence-electron chi connectivity index (χ0n) is 10.3. The standard InChI is InChI=1S/C13H12ClN5/c1-8(15)13-17-16-12-7-6-11(18-19(12)13)9-2-4-10(14)5-3-9/h2-8H,15H2,1H3/t8-/m1/s1. The Morgan fingerprint density at radius 1 is 1.11 bits per heavy atom. The third-order valence-electron chi connectivity index (χ3n) is 2.83. The van der Waals surface area contributed by atoms with Crippen molar-refractivity contribution < 1.29 is 0 Å². The molecule has 1 aromatic carbocycles. The Morgan fingerprint density at radius 3 is 2.53 bits per heavy atom. The van der Waals surface area contributed by atoms with Crippen LogP contribution in [0.2, 0.25) is 5.02 Å². The highest BCUT2D eigenvalue weighted by Gasteiger charge is 2.11. The van der Waals surface area contributed by atoms with E-state index in [0.29, 0.717) is 16.5 Å². The van der Waals surface area contributed by atoms with Gasteiger partial charge in [0.2, 0.25) is 0 Å². The molecule has 96 valence electrons. The topological polar surface area (TPSA) is 69.1 Å². The molecule has 3 rings (SSSR count). The molecule has 0 aliphatic heterocycles. The van der Waals surface area contributed by atoms with Crippen LogP contribution < -0.4 is 5.73 Å². The minimum absolute atomic E-state index is 0.219. The summed E-state index contributed by atoms with van der Waals surface area (Å²) in [5.74, 6) is 0.644. The number of hydrogen-bond acceptors (Lipinski definition) is 4. The van der Waals surface area contributed by atoms with Crippen LogP contribution in [-0.2, 0) is 0 Å². The molecule has 5 nitrogen and oxygen atoms in total. The molecule has 0 radical (unpaired) electrons. The molecular weight excluding hydrogens is 262 g/mol. The van der Waals surface area contributed by atoms with E-state index in [9.17, 15) is 0 Å². The number of benzene rings is 1. The molecule has 19 heavy (non-hydrogen) atoms. The van der Waals surface area contributed by atoms with Crippen LogP contribution in [0.25, 0.3) is 16.9 Å². The van der Waals surface area contributed by atoms with E-state index in [1.165, 1.54) is 0 Å². The maximum absolute atomic E-state index is 5.88. The molecule has 0 fully saturated rings. The molecule has 0 spiro atoms. The second-order valence-electron chi connectivity index (χ2n) is 4.34. The van der Waals surface area contributed by atoms with Crippen molar-refractivity contribution in [2.75, 3.05) is 0 Å². The molecule has 3 aromatic rings. The van der Waals surface area contributed by atoms with E-state index in [1.807, 2.05) is 43.3 Å². The van der Waals surface area contributed by atoms with Gasteiger partial charge in [0.1, 0.15) is 0 Å². The van der Waals surface area contributed by atoms with Gasteiger partial charge in [-0.1, -0.05) is 23.7 Å². The highest BCUT2D eigenvalue weighted by Crippen LogP contribution is 2.20. The van der Waals surface area contributed by atoms with Gasteiger partial charge in [-0.2, -0.15) is 9.61 Å². The third kappa shape index (κ3) is 2.18. The van der Waals surface area contributed by atoms with Gasteiger partial charge in [0, 0.05) is 10.6 Å². The first-order valence-corrected chi connectivity index (χ1v) is 6.27. The van der Waals surface area contributed by atoms with E-state index < -0.39 is 0 Å². The summed E-state index contributed by atoms with van der Waals surface area (Å²) in [6, 6.07) is 11.1. The largest absolute Gasteiger partial charge is 0.321 e. The fourth-order valence-electron chi connectivity index (χ4n) is 1.86. The van der Waals surface area contributed by atoms with Gasteiger partial charge < -0.3 is 5.73 Å². The van der Waals surface area contributed by atoms with Gasteiger partial charge in [-0.25, -0.2) is 0 Å². The first-order valence-electron chi connectivity index (χ1n) is 5.89. The fourth-order valence-corrected chi connectivity index (χ4v) is 1.99. The van der Waals surface area contributed by atoms with Crippen LogP contribution in [0.3, 0.4) is 0 Å². The van der Waals surface area contributed by atoms with Crippen molar-refractivity contribution in [2.24, 2.45) is 5.73 Å². The van der Waals surface area contributed by atoms with Crippen molar-refractivity contribution in [3.05, 3.63) is 47.2 Å². The predicted molar refractivity (Wildman–Crippen MR) is 73.8 cm³/mol. The number of hydrogen-bond donors (Lipinski definition) is 1. The number of nitrogens with two attached hydrogens (primary N) is 1. The summed E-state index contributed by atoms with van der Waals surface area (Å²) in [4.78, 5) is 0. The average molecular weight is 274 g/mol.